The zero-order valence-electron chi connectivity index (χ0n) is 14.3. The summed E-state index contributed by atoms with van der Waals surface area (Å²) in [4.78, 5) is 27.6. The summed E-state index contributed by atoms with van der Waals surface area (Å²) >= 11 is 1.67. The third kappa shape index (κ3) is 3.32. The zero-order chi connectivity index (χ0) is 17.3. The van der Waals surface area contributed by atoms with Crippen LogP contribution in [0, 0.1) is 18.8 Å². The second kappa shape index (κ2) is 6.79. The first-order valence-corrected chi connectivity index (χ1v) is 9.51. The Morgan fingerprint density at radius 3 is 2.33 bits per heavy atom. The predicted octanol–water partition coefficient (Wildman–Crippen LogP) is 3.58. The van der Waals surface area contributed by atoms with E-state index in [4.69, 9.17) is 0 Å². The average Bonchev–Trinajstić information content (AvgIpc) is 3.16. The Balaban J connectivity index is 1.79. The average molecular weight is 347 g/mol. The van der Waals surface area contributed by atoms with Gasteiger partial charge in [-0.05, 0) is 37.8 Å². The van der Waals surface area contributed by atoms with Crippen LogP contribution in [0.15, 0.2) is 29.2 Å². The Morgan fingerprint density at radius 2 is 1.79 bits per heavy atom. The third-order valence-corrected chi connectivity index (χ3v) is 6.83. The molecule has 1 heterocycles. The molecule has 0 aromatic heterocycles. The summed E-state index contributed by atoms with van der Waals surface area (Å²) in [5, 5.41) is 9.33. The summed E-state index contributed by atoms with van der Waals surface area (Å²) in [6.07, 6.45) is 3.90. The van der Waals surface area contributed by atoms with Crippen molar-refractivity contribution in [2.75, 3.05) is 13.1 Å². The maximum Gasteiger partial charge on any atom is 0.308 e. The van der Waals surface area contributed by atoms with Gasteiger partial charge in [0.25, 0.3) is 0 Å². The van der Waals surface area contributed by atoms with Crippen molar-refractivity contribution in [1.29, 1.82) is 0 Å². The second-order valence-corrected chi connectivity index (χ2v) is 8.71. The summed E-state index contributed by atoms with van der Waals surface area (Å²) < 4.78 is -0.414. The number of hydrogen-bond donors (Lipinski definition) is 1. The molecule has 130 valence electrons. The lowest BCUT2D eigenvalue weighted by Gasteiger charge is -2.32. The Labute approximate surface area is 147 Å². The van der Waals surface area contributed by atoms with Gasteiger partial charge >= 0.3 is 5.97 Å². The molecule has 4 nitrogen and oxygen atoms in total. The van der Waals surface area contributed by atoms with E-state index in [1.54, 1.807) is 16.7 Å². The van der Waals surface area contributed by atoms with E-state index in [2.05, 4.69) is 31.2 Å². The number of benzene rings is 1. The minimum Gasteiger partial charge on any atom is -0.481 e. The van der Waals surface area contributed by atoms with Gasteiger partial charge in [-0.3, -0.25) is 9.59 Å². The molecule has 0 radical (unpaired) electrons. The molecule has 24 heavy (non-hydrogen) atoms. The molecule has 1 aromatic rings. The molecule has 2 atom stereocenters. The van der Waals surface area contributed by atoms with Crippen LogP contribution < -0.4 is 0 Å². The molecular weight excluding hydrogens is 322 g/mol. The van der Waals surface area contributed by atoms with Crippen molar-refractivity contribution < 1.29 is 14.7 Å². The van der Waals surface area contributed by atoms with Gasteiger partial charge in [-0.25, -0.2) is 0 Å². The quantitative estimate of drug-likeness (QED) is 0.904. The number of carboxylic acid groups (broad SMARTS) is 1. The van der Waals surface area contributed by atoms with Crippen molar-refractivity contribution >= 4 is 23.6 Å². The number of amides is 1. The van der Waals surface area contributed by atoms with Crippen LogP contribution in [0.5, 0.6) is 0 Å². The molecule has 1 aliphatic carbocycles. The highest BCUT2D eigenvalue weighted by molar-refractivity contribution is 8.01. The van der Waals surface area contributed by atoms with Crippen molar-refractivity contribution in [3.05, 3.63) is 29.8 Å². The molecule has 0 bridgehead atoms. The fraction of sp³-hybridized carbons (Fsp3) is 0.579. The molecule has 0 spiro atoms. The lowest BCUT2D eigenvalue weighted by Crippen LogP contribution is -2.44. The van der Waals surface area contributed by atoms with Gasteiger partial charge in [0.15, 0.2) is 0 Å². The zero-order valence-corrected chi connectivity index (χ0v) is 15.1. The lowest BCUT2D eigenvalue weighted by molar-refractivity contribution is -0.142. The van der Waals surface area contributed by atoms with Crippen molar-refractivity contribution in [2.45, 2.75) is 49.2 Å². The van der Waals surface area contributed by atoms with Crippen LogP contribution >= 0.6 is 11.8 Å². The number of nitrogens with zero attached hydrogens (tertiary/aromatic N) is 1. The number of rotatable bonds is 4. The fourth-order valence-electron chi connectivity index (χ4n) is 3.88. The molecule has 2 aliphatic rings. The molecule has 1 aliphatic heterocycles. The van der Waals surface area contributed by atoms with E-state index in [1.165, 1.54) is 5.56 Å². The SMILES string of the molecule is Cc1ccc(SC2(C(=O)N3C[C@@H](C)[C@H](C(=O)O)C3)CCCC2)cc1. The molecule has 5 heteroatoms. The maximum absolute atomic E-state index is 13.3. The van der Waals surface area contributed by atoms with Crippen molar-refractivity contribution in [2.24, 2.45) is 11.8 Å². The number of carbonyl (C=O) groups is 2. The van der Waals surface area contributed by atoms with E-state index in [9.17, 15) is 14.7 Å². The van der Waals surface area contributed by atoms with Gasteiger partial charge in [0.1, 0.15) is 0 Å². The smallest absolute Gasteiger partial charge is 0.308 e. The first-order chi connectivity index (χ1) is 11.4. The topological polar surface area (TPSA) is 57.6 Å². The number of likely N-dealkylation sites (tertiary alicyclic amines) is 1. The van der Waals surface area contributed by atoms with E-state index in [1.807, 2.05) is 6.92 Å². The Bertz CT molecular complexity index is 622. The Hall–Kier alpha value is -1.49. The van der Waals surface area contributed by atoms with Crippen LogP contribution in [-0.2, 0) is 9.59 Å². The normalized spacial score (nSPS) is 25.8. The summed E-state index contributed by atoms with van der Waals surface area (Å²) in [5.41, 5.74) is 1.21. The van der Waals surface area contributed by atoms with E-state index in [-0.39, 0.29) is 11.8 Å². The van der Waals surface area contributed by atoms with Crippen LogP contribution in [0.4, 0.5) is 0 Å². The maximum atomic E-state index is 13.3. The van der Waals surface area contributed by atoms with Gasteiger partial charge in [-0.2, -0.15) is 0 Å². The van der Waals surface area contributed by atoms with Gasteiger partial charge < -0.3 is 10.0 Å². The number of carbonyl (C=O) groups excluding carboxylic acids is 1. The highest BCUT2D eigenvalue weighted by Gasteiger charge is 2.48. The molecule has 1 saturated heterocycles. The number of aliphatic carboxylic acids is 1. The number of hydrogen-bond acceptors (Lipinski definition) is 3. The highest BCUT2D eigenvalue weighted by atomic mass is 32.2. The standard InChI is InChI=1S/C19H25NO3S/c1-13-5-7-15(8-6-13)24-19(9-3-4-10-19)18(23)20-11-14(2)16(12-20)17(21)22/h5-8,14,16H,3-4,9-12H2,1-2H3,(H,21,22)/t14-,16-/m1/s1. The summed E-state index contributed by atoms with van der Waals surface area (Å²) in [6, 6.07) is 8.32. The summed E-state index contributed by atoms with van der Waals surface area (Å²) in [7, 11) is 0. The third-order valence-electron chi connectivity index (χ3n) is 5.35. The molecule has 1 saturated carbocycles. The van der Waals surface area contributed by atoms with Crippen molar-refractivity contribution in [3.63, 3.8) is 0 Å². The molecule has 1 amide bonds. The second-order valence-electron chi connectivity index (χ2n) is 7.25. The number of thioether (sulfide) groups is 1. The van der Waals surface area contributed by atoms with Crippen LogP contribution in [0.25, 0.3) is 0 Å². The predicted molar refractivity (Wildman–Crippen MR) is 95.1 cm³/mol. The van der Waals surface area contributed by atoms with Gasteiger partial charge in [-0.1, -0.05) is 37.5 Å². The van der Waals surface area contributed by atoms with E-state index in [0.29, 0.717) is 13.1 Å². The molecule has 1 aromatic carbocycles. The molecular formula is C19H25NO3S. The van der Waals surface area contributed by atoms with Crippen molar-refractivity contribution in [1.82, 2.24) is 4.90 Å². The Morgan fingerprint density at radius 1 is 1.17 bits per heavy atom. The number of aryl methyl sites for hydroxylation is 1. The minimum absolute atomic E-state index is 0.0225. The van der Waals surface area contributed by atoms with Crippen LogP contribution in [0.3, 0.4) is 0 Å². The van der Waals surface area contributed by atoms with E-state index < -0.39 is 16.6 Å². The van der Waals surface area contributed by atoms with Crippen molar-refractivity contribution in [3.8, 4) is 0 Å². The minimum atomic E-state index is -0.788. The van der Waals surface area contributed by atoms with Gasteiger partial charge in [0.05, 0.1) is 10.7 Å². The molecule has 2 fully saturated rings. The molecule has 0 unspecified atom stereocenters. The monoisotopic (exact) mass is 347 g/mol. The lowest BCUT2D eigenvalue weighted by atomic mass is 9.99. The Kier molecular flexibility index (Phi) is 4.90. The van der Waals surface area contributed by atoms with Crippen LogP contribution in [0.1, 0.15) is 38.2 Å². The van der Waals surface area contributed by atoms with Gasteiger partial charge in [-0.15, -0.1) is 11.8 Å². The highest BCUT2D eigenvalue weighted by Crippen LogP contribution is 2.47. The van der Waals surface area contributed by atoms with E-state index in [0.717, 1.165) is 30.6 Å². The van der Waals surface area contributed by atoms with Crippen LogP contribution in [-0.4, -0.2) is 39.7 Å². The van der Waals surface area contributed by atoms with Gasteiger partial charge in [0, 0.05) is 18.0 Å². The van der Waals surface area contributed by atoms with Crippen LogP contribution in [0.2, 0.25) is 0 Å². The van der Waals surface area contributed by atoms with Gasteiger partial charge in [0.2, 0.25) is 5.91 Å². The molecule has 3 rings (SSSR count). The summed E-state index contributed by atoms with van der Waals surface area (Å²) in [5.74, 6) is -1.06. The largest absolute Gasteiger partial charge is 0.481 e. The number of carboxylic acids is 1. The first-order valence-electron chi connectivity index (χ1n) is 8.69. The first kappa shape index (κ1) is 17.3. The fourth-order valence-corrected chi connectivity index (χ4v) is 5.31. The summed E-state index contributed by atoms with van der Waals surface area (Å²) in [6.45, 7) is 4.90. The van der Waals surface area contributed by atoms with E-state index >= 15 is 0 Å². The molecule has 1 N–H and O–H groups in total.